The van der Waals surface area contributed by atoms with Gasteiger partial charge in [-0.15, -0.1) is 0 Å². The summed E-state index contributed by atoms with van der Waals surface area (Å²) in [5.41, 5.74) is 6.68. The molecule has 1 aliphatic heterocycles. The highest BCUT2D eigenvalue weighted by Crippen LogP contribution is 2.26. The van der Waals surface area contributed by atoms with Crippen molar-refractivity contribution in [2.24, 2.45) is 5.73 Å². The molecule has 1 heterocycles. The van der Waals surface area contributed by atoms with Gasteiger partial charge in [0.05, 0.1) is 12.6 Å². The van der Waals surface area contributed by atoms with E-state index in [1.54, 1.807) is 30.1 Å². The lowest BCUT2D eigenvalue weighted by atomic mass is 9.99. The summed E-state index contributed by atoms with van der Waals surface area (Å²) in [4.78, 5) is 38.6. The van der Waals surface area contributed by atoms with Gasteiger partial charge in [-0.2, -0.15) is 0 Å². The summed E-state index contributed by atoms with van der Waals surface area (Å²) in [6.07, 6.45) is 0. The molecule has 1 aliphatic rings. The van der Waals surface area contributed by atoms with Crippen LogP contribution in [0.4, 0.5) is 0 Å². The van der Waals surface area contributed by atoms with Crippen molar-refractivity contribution in [3.05, 3.63) is 35.4 Å². The SMILES string of the molecule is CNC(=O)c1cccc([C@@H]2CN(CC(N)=O)CCN2C(C)=O)c1. The van der Waals surface area contributed by atoms with Crippen molar-refractivity contribution >= 4 is 17.7 Å². The Morgan fingerprint density at radius 3 is 2.65 bits per heavy atom. The first-order chi connectivity index (χ1) is 10.9. The monoisotopic (exact) mass is 318 g/mol. The van der Waals surface area contributed by atoms with Gasteiger partial charge in [-0.3, -0.25) is 19.3 Å². The van der Waals surface area contributed by atoms with E-state index in [4.69, 9.17) is 5.73 Å². The van der Waals surface area contributed by atoms with Crippen molar-refractivity contribution in [3.63, 3.8) is 0 Å². The number of hydrogen-bond donors (Lipinski definition) is 2. The molecule has 124 valence electrons. The Balaban J connectivity index is 2.29. The number of carbonyl (C=O) groups excluding carboxylic acids is 3. The van der Waals surface area contributed by atoms with Crippen LogP contribution >= 0.6 is 0 Å². The molecular formula is C16H22N4O3. The van der Waals surface area contributed by atoms with Crippen molar-refractivity contribution in [2.45, 2.75) is 13.0 Å². The maximum Gasteiger partial charge on any atom is 0.251 e. The lowest BCUT2D eigenvalue weighted by molar-refractivity contribution is -0.134. The van der Waals surface area contributed by atoms with Gasteiger partial charge in [0, 0.05) is 39.2 Å². The molecule has 0 aliphatic carbocycles. The minimum Gasteiger partial charge on any atom is -0.369 e. The first-order valence-electron chi connectivity index (χ1n) is 7.52. The van der Waals surface area contributed by atoms with Gasteiger partial charge in [0.1, 0.15) is 0 Å². The zero-order chi connectivity index (χ0) is 17.0. The number of nitrogens with zero attached hydrogens (tertiary/aromatic N) is 2. The highest BCUT2D eigenvalue weighted by Gasteiger charge is 2.30. The van der Waals surface area contributed by atoms with E-state index in [1.165, 1.54) is 6.92 Å². The number of rotatable bonds is 4. The molecule has 0 saturated carbocycles. The molecule has 1 saturated heterocycles. The lowest BCUT2D eigenvalue weighted by Gasteiger charge is -2.41. The van der Waals surface area contributed by atoms with Gasteiger partial charge in [-0.05, 0) is 17.7 Å². The molecule has 0 bridgehead atoms. The number of nitrogens with one attached hydrogen (secondary N) is 1. The Labute approximate surface area is 135 Å². The number of carbonyl (C=O) groups is 3. The third-order valence-electron chi connectivity index (χ3n) is 4.01. The normalized spacial score (nSPS) is 18.5. The van der Waals surface area contributed by atoms with E-state index in [9.17, 15) is 14.4 Å². The molecule has 0 aromatic heterocycles. The van der Waals surface area contributed by atoms with E-state index in [0.29, 0.717) is 25.2 Å². The second kappa shape index (κ2) is 7.23. The molecule has 3 N–H and O–H groups in total. The summed E-state index contributed by atoms with van der Waals surface area (Å²) in [6, 6.07) is 6.99. The molecule has 23 heavy (non-hydrogen) atoms. The summed E-state index contributed by atoms with van der Waals surface area (Å²) >= 11 is 0. The van der Waals surface area contributed by atoms with E-state index >= 15 is 0 Å². The van der Waals surface area contributed by atoms with Crippen LogP contribution in [0.15, 0.2) is 24.3 Å². The van der Waals surface area contributed by atoms with Gasteiger partial charge in [0.25, 0.3) is 5.91 Å². The average Bonchev–Trinajstić information content (AvgIpc) is 2.53. The van der Waals surface area contributed by atoms with E-state index in [0.717, 1.165) is 5.56 Å². The van der Waals surface area contributed by atoms with E-state index in [-0.39, 0.29) is 30.3 Å². The molecule has 7 heteroatoms. The van der Waals surface area contributed by atoms with Crippen LogP contribution in [0.1, 0.15) is 28.9 Å². The highest BCUT2D eigenvalue weighted by atomic mass is 16.2. The number of hydrogen-bond acceptors (Lipinski definition) is 4. The fourth-order valence-corrected chi connectivity index (χ4v) is 2.90. The van der Waals surface area contributed by atoms with Crippen molar-refractivity contribution < 1.29 is 14.4 Å². The maximum atomic E-state index is 11.9. The first-order valence-corrected chi connectivity index (χ1v) is 7.52. The Morgan fingerprint density at radius 1 is 1.30 bits per heavy atom. The van der Waals surface area contributed by atoms with Crippen LogP contribution in [0, 0.1) is 0 Å². The number of primary amides is 1. The van der Waals surface area contributed by atoms with Crippen molar-refractivity contribution in [1.82, 2.24) is 15.1 Å². The van der Waals surface area contributed by atoms with Gasteiger partial charge >= 0.3 is 0 Å². The van der Waals surface area contributed by atoms with Crippen LogP contribution in [-0.2, 0) is 9.59 Å². The summed E-state index contributed by atoms with van der Waals surface area (Å²) in [6.45, 7) is 3.34. The van der Waals surface area contributed by atoms with Crippen LogP contribution < -0.4 is 11.1 Å². The van der Waals surface area contributed by atoms with E-state index < -0.39 is 0 Å². The van der Waals surface area contributed by atoms with E-state index in [2.05, 4.69) is 5.32 Å². The number of benzene rings is 1. The van der Waals surface area contributed by atoms with Gasteiger partial charge < -0.3 is 16.0 Å². The molecular weight excluding hydrogens is 296 g/mol. The Bertz CT molecular complexity index is 617. The largest absolute Gasteiger partial charge is 0.369 e. The van der Waals surface area contributed by atoms with Gasteiger partial charge in [0.15, 0.2) is 0 Å². The molecule has 3 amide bonds. The first kappa shape index (κ1) is 17.0. The number of amides is 3. The average molecular weight is 318 g/mol. The summed E-state index contributed by atoms with van der Waals surface area (Å²) in [5.74, 6) is -0.593. The molecule has 1 atom stereocenters. The lowest BCUT2D eigenvalue weighted by Crippen LogP contribution is -2.51. The third-order valence-corrected chi connectivity index (χ3v) is 4.01. The van der Waals surface area contributed by atoms with Crippen LogP contribution in [0.25, 0.3) is 0 Å². The maximum absolute atomic E-state index is 11.9. The fourth-order valence-electron chi connectivity index (χ4n) is 2.90. The van der Waals surface area contributed by atoms with Crippen molar-refractivity contribution in [1.29, 1.82) is 0 Å². The van der Waals surface area contributed by atoms with Crippen LogP contribution in [-0.4, -0.2) is 60.7 Å². The topological polar surface area (TPSA) is 95.7 Å². The molecule has 7 nitrogen and oxygen atoms in total. The van der Waals surface area contributed by atoms with Crippen LogP contribution in [0.3, 0.4) is 0 Å². The fraction of sp³-hybridized carbons (Fsp3) is 0.438. The Hall–Kier alpha value is -2.41. The molecule has 1 fully saturated rings. The minimum absolute atomic E-state index is 0.0286. The van der Waals surface area contributed by atoms with Gasteiger partial charge in [-0.25, -0.2) is 0 Å². The minimum atomic E-state index is -0.390. The highest BCUT2D eigenvalue weighted by molar-refractivity contribution is 5.94. The molecule has 1 aromatic carbocycles. The van der Waals surface area contributed by atoms with Gasteiger partial charge in [-0.1, -0.05) is 12.1 Å². The Morgan fingerprint density at radius 2 is 2.04 bits per heavy atom. The number of piperazine rings is 1. The molecule has 0 spiro atoms. The quantitative estimate of drug-likeness (QED) is 0.799. The Kier molecular flexibility index (Phi) is 5.33. The summed E-state index contributed by atoms with van der Waals surface area (Å²) in [5, 5.41) is 2.59. The molecule has 0 unspecified atom stereocenters. The predicted molar refractivity (Wildman–Crippen MR) is 85.6 cm³/mol. The zero-order valence-corrected chi connectivity index (χ0v) is 13.4. The predicted octanol–water partition coefficient (Wildman–Crippen LogP) is -0.263. The standard InChI is InChI=1S/C16H22N4O3/c1-11(21)20-7-6-19(10-15(17)22)9-14(20)12-4-3-5-13(8-12)16(23)18-2/h3-5,8,14H,6-7,9-10H2,1-2H3,(H2,17,22)(H,18,23)/t14-/m0/s1. The summed E-state index contributed by atoms with van der Waals surface area (Å²) in [7, 11) is 1.58. The molecule has 0 radical (unpaired) electrons. The van der Waals surface area contributed by atoms with Gasteiger partial charge in [0.2, 0.25) is 11.8 Å². The second-order valence-electron chi connectivity index (χ2n) is 5.63. The van der Waals surface area contributed by atoms with E-state index in [1.807, 2.05) is 11.0 Å². The van der Waals surface area contributed by atoms with Crippen molar-refractivity contribution in [3.8, 4) is 0 Å². The van der Waals surface area contributed by atoms with Crippen LogP contribution in [0.2, 0.25) is 0 Å². The smallest absolute Gasteiger partial charge is 0.251 e. The zero-order valence-electron chi connectivity index (χ0n) is 13.4. The third kappa shape index (κ3) is 4.07. The number of nitrogens with two attached hydrogens (primary N) is 1. The van der Waals surface area contributed by atoms with Crippen molar-refractivity contribution in [2.75, 3.05) is 33.2 Å². The molecule has 2 rings (SSSR count). The van der Waals surface area contributed by atoms with Crippen LogP contribution in [0.5, 0.6) is 0 Å². The summed E-state index contributed by atoms with van der Waals surface area (Å²) < 4.78 is 0. The molecule has 1 aromatic rings. The second-order valence-corrected chi connectivity index (χ2v) is 5.63.